The second kappa shape index (κ2) is 5.73. The number of hydrogen-bond donors (Lipinski definition) is 0. The molecule has 0 radical (unpaired) electrons. The van der Waals surface area contributed by atoms with Crippen LogP contribution in [0.3, 0.4) is 0 Å². The summed E-state index contributed by atoms with van der Waals surface area (Å²) in [6.07, 6.45) is 3.55. The van der Waals surface area contributed by atoms with Gasteiger partial charge in [-0.25, -0.2) is 0 Å². The van der Waals surface area contributed by atoms with Gasteiger partial charge in [0.05, 0.1) is 0 Å². The minimum Gasteiger partial charge on any atom is -0.461 e. The largest absolute Gasteiger partial charge is 0.461 e. The van der Waals surface area contributed by atoms with Gasteiger partial charge in [-0.05, 0) is 44.4 Å². The van der Waals surface area contributed by atoms with Crippen molar-refractivity contribution in [3.05, 3.63) is 0 Å². The van der Waals surface area contributed by atoms with E-state index in [0.717, 1.165) is 6.42 Å². The third-order valence-corrected chi connectivity index (χ3v) is 4.03. The Labute approximate surface area is 114 Å². The van der Waals surface area contributed by atoms with Crippen molar-refractivity contribution in [2.24, 2.45) is 17.8 Å². The van der Waals surface area contributed by atoms with Crippen LogP contribution in [0.2, 0.25) is 0 Å². The summed E-state index contributed by atoms with van der Waals surface area (Å²) in [4.78, 5) is 11.9. The molecule has 1 unspecified atom stereocenters. The zero-order valence-corrected chi connectivity index (χ0v) is 13.2. The summed E-state index contributed by atoms with van der Waals surface area (Å²) >= 11 is 3.37. The molecule has 1 rings (SSSR count). The number of carbonyl (C=O) groups excluding carboxylic acids is 1. The number of alkyl halides is 1. The van der Waals surface area contributed by atoms with Crippen molar-refractivity contribution in [3.8, 4) is 0 Å². The van der Waals surface area contributed by atoms with E-state index < -0.39 is 4.32 Å². The number of hydrogen-bond acceptors (Lipinski definition) is 2. The van der Waals surface area contributed by atoms with E-state index >= 15 is 0 Å². The van der Waals surface area contributed by atoms with Crippen molar-refractivity contribution in [3.63, 3.8) is 0 Å². The van der Waals surface area contributed by atoms with Crippen molar-refractivity contribution in [1.82, 2.24) is 0 Å². The van der Waals surface area contributed by atoms with Gasteiger partial charge in [0.2, 0.25) is 0 Å². The molecule has 3 atom stereocenters. The molecular formula is C14H25BrO2. The van der Waals surface area contributed by atoms with E-state index in [9.17, 15) is 4.79 Å². The molecule has 0 N–H and O–H groups in total. The molecule has 0 amide bonds. The Morgan fingerprint density at radius 2 is 1.94 bits per heavy atom. The Bertz CT molecular complexity index is 268. The lowest BCUT2D eigenvalue weighted by molar-refractivity contribution is -0.157. The van der Waals surface area contributed by atoms with Crippen molar-refractivity contribution in [2.75, 3.05) is 0 Å². The van der Waals surface area contributed by atoms with Crippen LogP contribution >= 0.6 is 15.9 Å². The highest BCUT2D eigenvalue weighted by Gasteiger charge is 2.36. The van der Waals surface area contributed by atoms with Crippen LogP contribution in [0, 0.1) is 17.8 Å². The zero-order chi connectivity index (χ0) is 13.2. The third kappa shape index (κ3) is 4.27. The van der Waals surface area contributed by atoms with Crippen LogP contribution in [0.4, 0.5) is 0 Å². The van der Waals surface area contributed by atoms with E-state index in [4.69, 9.17) is 4.74 Å². The van der Waals surface area contributed by atoms with Crippen LogP contribution in [0.25, 0.3) is 0 Å². The lowest BCUT2D eigenvalue weighted by Gasteiger charge is -2.37. The molecule has 0 heterocycles. The number of rotatable bonds is 3. The predicted octanol–water partition coefficient (Wildman–Crippen LogP) is 4.16. The SMILES string of the molecule is CC(C)C1CC[C@@H](C)C[C@H]1OC(=O)C(C)(C)Br. The van der Waals surface area contributed by atoms with E-state index in [0.29, 0.717) is 17.8 Å². The highest BCUT2D eigenvalue weighted by atomic mass is 79.9. The van der Waals surface area contributed by atoms with Crippen LogP contribution in [-0.2, 0) is 9.53 Å². The van der Waals surface area contributed by atoms with Crippen LogP contribution in [0.1, 0.15) is 53.9 Å². The van der Waals surface area contributed by atoms with E-state index in [-0.39, 0.29) is 12.1 Å². The fourth-order valence-corrected chi connectivity index (χ4v) is 2.62. The molecule has 0 aromatic carbocycles. The maximum atomic E-state index is 11.9. The van der Waals surface area contributed by atoms with Crippen molar-refractivity contribution < 1.29 is 9.53 Å². The van der Waals surface area contributed by atoms with Gasteiger partial charge in [-0.1, -0.05) is 43.1 Å². The lowest BCUT2D eigenvalue weighted by Crippen LogP contribution is -2.39. The maximum absolute atomic E-state index is 11.9. The molecule has 0 aromatic heterocycles. The molecule has 1 aliphatic carbocycles. The fourth-order valence-electron chi connectivity index (χ4n) is 2.53. The summed E-state index contributed by atoms with van der Waals surface area (Å²) < 4.78 is 5.14. The summed E-state index contributed by atoms with van der Waals surface area (Å²) in [5.74, 6) is 1.63. The molecule has 100 valence electrons. The third-order valence-electron chi connectivity index (χ3n) is 3.71. The molecule has 1 saturated carbocycles. The lowest BCUT2D eigenvalue weighted by atomic mass is 9.75. The number of carbonyl (C=O) groups is 1. The molecule has 0 bridgehead atoms. The van der Waals surface area contributed by atoms with Gasteiger partial charge in [-0.2, -0.15) is 0 Å². The molecule has 1 fully saturated rings. The van der Waals surface area contributed by atoms with Crippen LogP contribution in [0.5, 0.6) is 0 Å². The molecule has 0 aromatic rings. The molecule has 0 spiro atoms. The second-order valence-corrected chi connectivity index (χ2v) is 8.22. The smallest absolute Gasteiger partial charge is 0.322 e. The van der Waals surface area contributed by atoms with Gasteiger partial charge in [0, 0.05) is 0 Å². The molecule has 2 nitrogen and oxygen atoms in total. The van der Waals surface area contributed by atoms with Crippen LogP contribution in [-0.4, -0.2) is 16.4 Å². The first kappa shape index (κ1) is 15.0. The monoisotopic (exact) mass is 304 g/mol. The minimum absolute atomic E-state index is 0.100. The van der Waals surface area contributed by atoms with Crippen LogP contribution < -0.4 is 0 Å². The normalized spacial score (nSPS) is 30.4. The molecular weight excluding hydrogens is 280 g/mol. The van der Waals surface area contributed by atoms with Gasteiger partial charge in [-0.3, -0.25) is 4.79 Å². The Balaban J connectivity index is 2.67. The second-order valence-electron chi connectivity index (χ2n) is 6.24. The maximum Gasteiger partial charge on any atom is 0.322 e. The first-order chi connectivity index (χ1) is 7.71. The highest BCUT2D eigenvalue weighted by Crippen LogP contribution is 2.36. The minimum atomic E-state index is -0.574. The highest BCUT2D eigenvalue weighted by molar-refractivity contribution is 9.10. The van der Waals surface area contributed by atoms with E-state index in [2.05, 4.69) is 36.7 Å². The first-order valence-electron chi connectivity index (χ1n) is 6.61. The van der Waals surface area contributed by atoms with E-state index in [1.165, 1.54) is 12.8 Å². The Morgan fingerprint density at radius 3 is 2.41 bits per heavy atom. The number of halogens is 1. The predicted molar refractivity (Wildman–Crippen MR) is 74.2 cm³/mol. The van der Waals surface area contributed by atoms with E-state index in [1.807, 2.05) is 13.8 Å². The van der Waals surface area contributed by atoms with Crippen molar-refractivity contribution in [2.45, 2.75) is 64.3 Å². The Hall–Kier alpha value is -0.0500. The summed E-state index contributed by atoms with van der Waals surface area (Å²) in [7, 11) is 0. The molecule has 0 saturated heterocycles. The van der Waals surface area contributed by atoms with Crippen LogP contribution in [0.15, 0.2) is 0 Å². The zero-order valence-electron chi connectivity index (χ0n) is 11.6. The van der Waals surface area contributed by atoms with Gasteiger partial charge in [0.1, 0.15) is 10.4 Å². The summed E-state index contributed by atoms with van der Waals surface area (Å²) in [6.45, 7) is 10.4. The standard InChI is InChI=1S/C14H25BrO2/c1-9(2)11-7-6-10(3)8-12(11)17-13(16)14(4,5)15/h9-12H,6-8H2,1-5H3/t10-,11?,12-/m1/s1. The Kier molecular flexibility index (Phi) is 5.06. The van der Waals surface area contributed by atoms with Gasteiger partial charge >= 0.3 is 5.97 Å². The number of esters is 1. The molecule has 1 aliphatic rings. The topological polar surface area (TPSA) is 26.3 Å². The summed E-state index contributed by atoms with van der Waals surface area (Å²) in [6, 6.07) is 0. The van der Waals surface area contributed by atoms with Gasteiger partial charge in [0.15, 0.2) is 0 Å². The van der Waals surface area contributed by atoms with Crippen molar-refractivity contribution in [1.29, 1.82) is 0 Å². The Morgan fingerprint density at radius 1 is 1.35 bits per heavy atom. The molecule has 0 aliphatic heterocycles. The molecule has 3 heteroatoms. The average molecular weight is 305 g/mol. The fraction of sp³-hybridized carbons (Fsp3) is 0.929. The van der Waals surface area contributed by atoms with Gasteiger partial charge in [0.25, 0.3) is 0 Å². The summed E-state index contributed by atoms with van der Waals surface area (Å²) in [5, 5.41) is 0. The first-order valence-corrected chi connectivity index (χ1v) is 7.41. The van der Waals surface area contributed by atoms with Crippen molar-refractivity contribution >= 4 is 21.9 Å². The quantitative estimate of drug-likeness (QED) is 0.578. The van der Waals surface area contributed by atoms with E-state index in [1.54, 1.807) is 0 Å². The van der Waals surface area contributed by atoms with Gasteiger partial charge < -0.3 is 4.74 Å². The average Bonchev–Trinajstić information content (AvgIpc) is 2.15. The molecule has 17 heavy (non-hydrogen) atoms. The number of ether oxygens (including phenoxy) is 1. The summed E-state index contributed by atoms with van der Waals surface area (Å²) in [5.41, 5.74) is 0. The van der Waals surface area contributed by atoms with Gasteiger partial charge in [-0.15, -0.1) is 0 Å².